The van der Waals surface area contributed by atoms with Crippen molar-refractivity contribution in [2.75, 3.05) is 31.8 Å². The smallest absolute Gasteiger partial charge is 0.385 e. The van der Waals surface area contributed by atoms with Gasteiger partial charge in [0.05, 0.1) is 24.5 Å². The third-order valence-electron chi connectivity index (χ3n) is 6.26. The minimum Gasteiger partial charge on any atom is -0.385 e. The number of anilines is 1. The van der Waals surface area contributed by atoms with Crippen LogP contribution in [-0.4, -0.2) is 66.7 Å². The second-order valence-electron chi connectivity index (χ2n) is 8.89. The number of ether oxygens (including phenoxy) is 1. The molecule has 2 aromatic heterocycles. The Morgan fingerprint density at radius 2 is 1.85 bits per heavy atom. The van der Waals surface area contributed by atoms with Crippen molar-refractivity contribution < 1.29 is 32.5 Å². The number of carbonyl (C=O) groups is 1. The average Bonchev–Trinajstić information content (AvgIpc) is 3.30. The fourth-order valence-corrected chi connectivity index (χ4v) is 4.94. The Morgan fingerprint density at radius 3 is 2.46 bits per heavy atom. The number of halogens is 3. The van der Waals surface area contributed by atoms with E-state index in [0.717, 1.165) is 24.0 Å². The molecule has 0 fully saturated rings. The van der Waals surface area contributed by atoms with Crippen molar-refractivity contribution in [1.29, 1.82) is 0 Å². The number of pyridine rings is 1. The maximum atomic E-state index is 13.2. The molecule has 0 atom stereocenters. The van der Waals surface area contributed by atoms with Gasteiger partial charge in [-0.2, -0.15) is 26.7 Å². The summed E-state index contributed by atoms with van der Waals surface area (Å²) in [6.45, 7) is 2.39. The number of aryl methyl sites for hydroxylation is 2. The van der Waals surface area contributed by atoms with Crippen molar-refractivity contribution in [3.8, 4) is 0 Å². The van der Waals surface area contributed by atoms with Gasteiger partial charge in [-0.1, -0.05) is 25.1 Å². The van der Waals surface area contributed by atoms with E-state index in [1.165, 1.54) is 5.01 Å². The van der Waals surface area contributed by atoms with Crippen molar-refractivity contribution in [3.05, 3.63) is 65.1 Å². The Morgan fingerprint density at radius 1 is 1.13 bits per heavy atom. The summed E-state index contributed by atoms with van der Waals surface area (Å²) < 4.78 is 68.4. The summed E-state index contributed by atoms with van der Waals surface area (Å²) in [4.78, 5) is 17.8. The number of methoxy groups -OCH3 is 1. The third-order valence-corrected chi connectivity index (χ3v) is 7.74. The first-order valence-corrected chi connectivity index (χ1v) is 13.7. The Balaban J connectivity index is 0.00000441. The molecular weight excluding hydrogens is 537 g/mol. The molecule has 1 N–H and O–H groups in total. The Labute approximate surface area is 225 Å². The van der Waals surface area contributed by atoms with E-state index < -0.39 is 22.1 Å². The van der Waals surface area contributed by atoms with Crippen molar-refractivity contribution in [2.24, 2.45) is 5.10 Å². The Bertz CT molecular complexity index is 1460. The molecule has 0 spiro atoms. The number of hydrazone groups is 1. The maximum Gasteiger partial charge on any atom is 0.516 e. The number of carbonyl (C=O) groups excluding carboxylic acids is 1. The average molecular weight is 569 g/mol. The highest BCUT2D eigenvalue weighted by Crippen LogP contribution is 2.27. The minimum atomic E-state index is -5.47. The number of sulfonamides is 1. The van der Waals surface area contributed by atoms with Crippen LogP contribution in [0.4, 0.5) is 18.9 Å². The molecular formula is C25H31F3N6O4S. The molecule has 212 valence electrons. The van der Waals surface area contributed by atoms with E-state index in [9.17, 15) is 26.4 Å². The highest BCUT2D eigenvalue weighted by Gasteiger charge is 2.50. The van der Waals surface area contributed by atoms with Crippen LogP contribution in [0.2, 0.25) is 0 Å². The lowest BCUT2D eigenvalue weighted by Gasteiger charge is -2.29. The van der Waals surface area contributed by atoms with Gasteiger partial charge in [0.15, 0.2) is 0 Å². The predicted octanol–water partition coefficient (Wildman–Crippen LogP) is 3.57. The lowest BCUT2D eigenvalue weighted by molar-refractivity contribution is -0.0471. The van der Waals surface area contributed by atoms with E-state index in [1.807, 2.05) is 29.7 Å². The minimum absolute atomic E-state index is 0. The van der Waals surface area contributed by atoms with Crippen LogP contribution < -0.4 is 10.3 Å². The van der Waals surface area contributed by atoms with Crippen LogP contribution in [-0.2, 0) is 34.1 Å². The van der Waals surface area contributed by atoms with E-state index in [-0.39, 0.29) is 24.7 Å². The number of fused-ring (bicyclic) bond motifs is 1. The van der Waals surface area contributed by atoms with Gasteiger partial charge in [-0.3, -0.25) is 14.2 Å². The maximum absolute atomic E-state index is 13.2. The van der Waals surface area contributed by atoms with E-state index in [0.29, 0.717) is 42.1 Å². The molecule has 0 bridgehead atoms. The zero-order valence-electron chi connectivity index (χ0n) is 21.5. The molecule has 0 saturated heterocycles. The number of amides is 1. The van der Waals surface area contributed by atoms with Crippen molar-refractivity contribution in [3.63, 3.8) is 0 Å². The summed E-state index contributed by atoms with van der Waals surface area (Å²) in [5.41, 5.74) is -1.08. The number of hydrogen-bond acceptors (Lipinski definition) is 7. The zero-order valence-corrected chi connectivity index (χ0v) is 22.3. The van der Waals surface area contributed by atoms with Crippen molar-refractivity contribution in [1.82, 2.24) is 19.0 Å². The highest BCUT2D eigenvalue weighted by atomic mass is 32.2. The second-order valence-corrected chi connectivity index (χ2v) is 10.8. The largest absolute Gasteiger partial charge is 0.516 e. The number of benzene rings is 1. The molecule has 1 aliphatic rings. The fourth-order valence-electron chi connectivity index (χ4n) is 4.18. The molecule has 1 aromatic carbocycles. The second kappa shape index (κ2) is 11.6. The summed E-state index contributed by atoms with van der Waals surface area (Å²) in [5.74, 6) is -0.260. The molecule has 3 aromatic rings. The van der Waals surface area contributed by atoms with Gasteiger partial charge < -0.3 is 10.1 Å². The van der Waals surface area contributed by atoms with Gasteiger partial charge in [0.2, 0.25) is 0 Å². The standard InChI is InChI=1S/C25H29F3N6O4S.H2/c1-3-21-23(33-16-19(5-4-14-38-2)8-11-22(33)31-21)24(35)29-15-18-6-9-20(10-7-18)34-13-12-32(17-30-34)39(36,37)25(26,27)28;/h6-11,16-17H,3-5,12-15H2,1-2H3,(H,29,35);1H. The van der Waals surface area contributed by atoms with Gasteiger partial charge in [0, 0.05) is 27.9 Å². The van der Waals surface area contributed by atoms with Crippen LogP contribution in [0.1, 0.15) is 42.1 Å². The van der Waals surface area contributed by atoms with Crippen LogP contribution in [0, 0.1) is 0 Å². The summed E-state index contributed by atoms with van der Waals surface area (Å²) in [5, 5.41) is 8.18. The molecule has 39 heavy (non-hydrogen) atoms. The van der Waals surface area contributed by atoms with Gasteiger partial charge in [0.25, 0.3) is 5.91 Å². The van der Waals surface area contributed by atoms with Crippen LogP contribution in [0.15, 0.2) is 47.7 Å². The molecule has 0 saturated carbocycles. The molecule has 0 unspecified atom stereocenters. The van der Waals surface area contributed by atoms with Gasteiger partial charge in [-0.25, -0.2) is 9.29 Å². The first-order chi connectivity index (χ1) is 18.5. The van der Waals surface area contributed by atoms with Crippen LogP contribution in [0.25, 0.3) is 5.65 Å². The monoisotopic (exact) mass is 568 g/mol. The normalized spacial score (nSPS) is 14.3. The van der Waals surface area contributed by atoms with Gasteiger partial charge in [-0.05, 0) is 48.6 Å². The molecule has 0 aliphatic carbocycles. The number of nitrogens with one attached hydrogen (secondary N) is 1. The lowest BCUT2D eigenvalue weighted by atomic mass is 10.1. The Kier molecular flexibility index (Phi) is 8.45. The van der Waals surface area contributed by atoms with E-state index in [4.69, 9.17) is 4.74 Å². The quantitative estimate of drug-likeness (QED) is 0.375. The molecule has 0 radical (unpaired) electrons. The van der Waals surface area contributed by atoms with Crippen LogP contribution in [0.3, 0.4) is 0 Å². The molecule has 1 amide bonds. The van der Waals surface area contributed by atoms with E-state index >= 15 is 0 Å². The molecule has 14 heteroatoms. The third kappa shape index (κ3) is 6.17. The predicted molar refractivity (Wildman–Crippen MR) is 142 cm³/mol. The zero-order chi connectivity index (χ0) is 28.2. The highest BCUT2D eigenvalue weighted by molar-refractivity contribution is 7.90. The Hall–Kier alpha value is -3.65. The van der Waals surface area contributed by atoms with Crippen molar-refractivity contribution in [2.45, 2.75) is 38.2 Å². The fraction of sp³-hybridized carbons (Fsp3) is 0.400. The lowest BCUT2D eigenvalue weighted by Crippen LogP contribution is -2.46. The number of rotatable bonds is 10. The first-order valence-electron chi connectivity index (χ1n) is 12.3. The topological polar surface area (TPSA) is 109 Å². The number of alkyl halides is 3. The molecule has 10 nitrogen and oxygen atoms in total. The first kappa shape index (κ1) is 28.4. The van der Waals surface area contributed by atoms with Gasteiger partial charge in [-0.15, -0.1) is 0 Å². The summed E-state index contributed by atoms with van der Waals surface area (Å²) in [6.07, 6.45) is 4.86. The van der Waals surface area contributed by atoms with Crippen LogP contribution in [0.5, 0.6) is 0 Å². The number of aromatic nitrogens is 2. The van der Waals surface area contributed by atoms with E-state index in [2.05, 4.69) is 15.4 Å². The summed E-state index contributed by atoms with van der Waals surface area (Å²) in [6, 6.07) is 10.8. The molecule has 4 rings (SSSR count). The van der Waals surface area contributed by atoms with Crippen molar-refractivity contribution >= 4 is 33.6 Å². The van der Waals surface area contributed by atoms with Crippen LogP contribution >= 0.6 is 0 Å². The van der Waals surface area contributed by atoms with Gasteiger partial charge in [0.1, 0.15) is 17.7 Å². The summed E-state index contributed by atoms with van der Waals surface area (Å²) in [7, 11) is -3.81. The van der Waals surface area contributed by atoms with E-state index in [1.54, 1.807) is 31.4 Å². The molecule has 3 heterocycles. The molecule has 1 aliphatic heterocycles. The SMILES string of the molecule is CCc1nc2ccc(CCCOC)cn2c1C(=O)NCc1ccc(N2CCN(S(=O)(=O)C(F)(F)F)C=N2)cc1.[HH]. The number of hydrogen-bond donors (Lipinski definition) is 1. The number of imidazole rings is 1. The van der Waals surface area contributed by atoms with Gasteiger partial charge >= 0.3 is 15.5 Å². The summed E-state index contributed by atoms with van der Waals surface area (Å²) >= 11 is 0. The number of nitrogens with zero attached hydrogens (tertiary/aromatic N) is 5.